The van der Waals surface area contributed by atoms with Gasteiger partial charge in [0.15, 0.2) is 5.82 Å². The molecule has 254 valence electrons. The number of hydrogen-bond acceptors (Lipinski definition) is 7. The van der Waals surface area contributed by atoms with Gasteiger partial charge in [-0.1, -0.05) is 25.7 Å². The topological polar surface area (TPSA) is 104 Å². The van der Waals surface area contributed by atoms with Crippen molar-refractivity contribution in [2.24, 2.45) is 0 Å². The molecule has 0 bridgehead atoms. The second-order valence-corrected chi connectivity index (χ2v) is 18.3. The molecule has 0 aliphatic carbocycles. The zero-order valence-corrected chi connectivity index (χ0v) is 27.6. The van der Waals surface area contributed by atoms with E-state index in [-0.39, 0.29) is 24.7 Å². The lowest BCUT2D eigenvalue weighted by molar-refractivity contribution is -0.139. The van der Waals surface area contributed by atoms with E-state index < -0.39 is 48.8 Å². The monoisotopic (exact) mass is 682 g/mol. The summed E-state index contributed by atoms with van der Waals surface area (Å²) in [6.45, 7) is 10.1. The Morgan fingerprint density at radius 2 is 1.64 bits per heavy atom. The molecular formula is C31H36F6N6O3Si. The van der Waals surface area contributed by atoms with Gasteiger partial charge < -0.3 is 14.6 Å². The maximum Gasteiger partial charge on any atom is 0.423 e. The number of aromatic nitrogens is 5. The fourth-order valence-corrected chi connectivity index (χ4v) is 5.66. The Morgan fingerprint density at radius 3 is 2.26 bits per heavy atom. The van der Waals surface area contributed by atoms with Gasteiger partial charge in [-0.15, -0.1) is 0 Å². The maximum absolute atomic E-state index is 13.9. The minimum Gasteiger partial charge on any atom is -0.381 e. The molecule has 0 fully saturated rings. The number of nitrogens with zero attached hydrogens (tertiary/aromatic N) is 5. The van der Waals surface area contributed by atoms with Crippen LogP contribution in [0.3, 0.4) is 0 Å². The third-order valence-corrected chi connectivity index (χ3v) is 9.20. The van der Waals surface area contributed by atoms with Gasteiger partial charge in [-0.05, 0) is 55.8 Å². The van der Waals surface area contributed by atoms with E-state index in [1.165, 1.54) is 4.57 Å². The standard InChI is InChI=1S/C31H36F6N6O3Si/c1-19-17-42(28(44)23-9-8-21(13-24(19)23)27-38-14-22(15-39-27)30(32,33)34)10-6-7-20(2)41-25-16-40-43(18-46-11-12-47(3,4)5)29(45)26(25)31(35,36)37/h8-9,13-17,20,41H,6-7,10-12,18H2,1-5H3. The Hall–Kier alpha value is -4.05. The van der Waals surface area contributed by atoms with Crippen LogP contribution in [0.25, 0.3) is 22.2 Å². The fraction of sp³-hybridized carbons (Fsp3) is 0.452. The Labute approximate surface area is 267 Å². The molecule has 4 aromatic rings. The van der Waals surface area contributed by atoms with Crippen LogP contribution in [0.4, 0.5) is 32.0 Å². The summed E-state index contributed by atoms with van der Waals surface area (Å²) < 4.78 is 88.0. The molecular weight excluding hydrogens is 646 g/mol. The summed E-state index contributed by atoms with van der Waals surface area (Å²) in [6.07, 6.45) is -4.66. The SMILES string of the molecule is Cc1cn(CCCC(C)Nc2cnn(COCC[Si](C)(C)C)c(=O)c2C(F)(F)F)c(=O)c2ccc(-c3ncc(C(F)(F)F)cn3)cc12. The van der Waals surface area contributed by atoms with Gasteiger partial charge in [0, 0.05) is 56.8 Å². The zero-order valence-electron chi connectivity index (χ0n) is 26.6. The number of hydrogen-bond donors (Lipinski definition) is 1. The number of pyridine rings is 1. The maximum atomic E-state index is 13.9. The summed E-state index contributed by atoms with van der Waals surface area (Å²) in [5.74, 6) is 0.0805. The zero-order chi connectivity index (χ0) is 34.7. The third kappa shape index (κ3) is 9.06. The highest BCUT2D eigenvalue weighted by atomic mass is 28.3. The predicted molar refractivity (Wildman–Crippen MR) is 169 cm³/mol. The smallest absolute Gasteiger partial charge is 0.381 e. The lowest BCUT2D eigenvalue weighted by atomic mass is 10.0. The van der Waals surface area contributed by atoms with E-state index >= 15 is 0 Å². The largest absolute Gasteiger partial charge is 0.423 e. The normalized spacial score (nSPS) is 13.3. The first-order valence-electron chi connectivity index (χ1n) is 14.9. The van der Waals surface area contributed by atoms with E-state index in [1.54, 1.807) is 38.2 Å². The number of anilines is 1. The number of ether oxygens (including phenoxy) is 1. The molecule has 3 heterocycles. The summed E-state index contributed by atoms with van der Waals surface area (Å²) in [5, 5.41) is 7.62. The minimum atomic E-state index is -4.92. The molecule has 1 N–H and O–H groups in total. The number of halogens is 6. The van der Waals surface area contributed by atoms with Crippen molar-refractivity contribution in [3.63, 3.8) is 0 Å². The van der Waals surface area contributed by atoms with Crippen molar-refractivity contribution in [3.8, 4) is 11.4 Å². The summed E-state index contributed by atoms with van der Waals surface area (Å²) in [5.41, 5.74) is -3.18. The van der Waals surface area contributed by atoms with Crippen LogP contribution in [0.1, 0.15) is 36.5 Å². The molecule has 1 aromatic carbocycles. The minimum absolute atomic E-state index is 0.0805. The van der Waals surface area contributed by atoms with E-state index in [4.69, 9.17) is 4.74 Å². The van der Waals surface area contributed by atoms with Crippen LogP contribution < -0.4 is 16.4 Å². The van der Waals surface area contributed by atoms with E-state index in [0.717, 1.165) is 17.8 Å². The van der Waals surface area contributed by atoms with Gasteiger partial charge in [0.25, 0.3) is 11.1 Å². The molecule has 9 nitrogen and oxygen atoms in total. The summed E-state index contributed by atoms with van der Waals surface area (Å²) in [4.78, 5) is 33.6. The van der Waals surface area contributed by atoms with Crippen molar-refractivity contribution in [2.75, 3.05) is 11.9 Å². The van der Waals surface area contributed by atoms with Crippen LogP contribution in [0.15, 0.2) is 52.6 Å². The quantitative estimate of drug-likeness (QED) is 0.0980. The molecule has 0 aliphatic heterocycles. The van der Waals surface area contributed by atoms with Gasteiger partial charge in [-0.2, -0.15) is 31.4 Å². The first-order valence-corrected chi connectivity index (χ1v) is 18.6. The fourth-order valence-electron chi connectivity index (χ4n) is 4.90. The van der Waals surface area contributed by atoms with Gasteiger partial charge in [0.1, 0.15) is 12.3 Å². The van der Waals surface area contributed by atoms with Gasteiger partial charge in [0.05, 0.1) is 17.4 Å². The van der Waals surface area contributed by atoms with E-state index in [0.29, 0.717) is 52.9 Å². The summed E-state index contributed by atoms with van der Waals surface area (Å²) in [6, 6.07) is 5.06. The van der Waals surface area contributed by atoms with Gasteiger partial charge in [-0.3, -0.25) is 9.59 Å². The molecule has 0 radical (unpaired) electrons. The molecule has 0 spiro atoms. The lowest BCUT2D eigenvalue weighted by Crippen LogP contribution is -2.34. The molecule has 4 rings (SSSR count). The Kier molecular flexibility index (Phi) is 10.6. The lowest BCUT2D eigenvalue weighted by Gasteiger charge is -2.20. The Bertz CT molecular complexity index is 1830. The van der Waals surface area contributed by atoms with E-state index in [9.17, 15) is 35.9 Å². The second kappa shape index (κ2) is 14.0. The summed E-state index contributed by atoms with van der Waals surface area (Å²) >= 11 is 0. The van der Waals surface area contributed by atoms with Crippen LogP contribution in [-0.4, -0.2) is 45.0 Å². The number of nitrogens with one attached hydrogen (secondary N) is 1. The number of alkyl halides is 6. The first-order chi connectivity index (χ1) is 21.8. The summed E-state index contributed by atoms with van der Waals surface area (Å²) in [7, 11) is -1.42. The average Bonchev–Trinajstić information content (AvgIpc) is 2.97. The molecule has 3 aromatic heterocycles. The van der Waals surface area contributed by atoms with Crippen LogP contribution in [-0.2, 0) is 30.4 Å². The number of rotatable bonds is 12. The highest BCUT2D eigenvalue weighted by Gasteiger charge is 2.38. The second-order valence-electron chi connectivity index (χ2n) is 12.6. The highest BCUT2D eigenvalue weighted by Crippen LogP contribution is 2.32. The van der Waals surface area contributed by atoms with E-state index in [2.05, 4.69) is 40.0 Å². The molecule has 47 heavy (non-hydrogen) atoms. The van der Waals surface area contributed by atoms with Gasteiger partial charge in [-0.25, -0.2) is 14.6 Å². The first kappa shape index (κ1) is 35.8. The Morgan fingerprint density at radius 1 is 0.957 bits per heavy atom. The third-order valence-electron chi connectivity index (χ3n) is 7.50. The van der Waals surface area contributed by atoms with Crippen molar-refractivity contribution >= 4 is 24.5 Å². The van der Waals surface area contributed by atoms with Crippen molar-refractivity contribution < 1.29 is 31.1 Å². The molecule has 1 unspecified atom stereocenters. The van der Waals surface area contributed by atoms with Crippen molar-refractivity contribution in [3.05, 3.63) is 80.4 Å². The van der Waals surface area contributed by atoms with Gasteiger partial charge in [0.2, 0.25) is 0 Å². The van der Waals surface area contributed by atoms with Gasteiger partial charge >= 0.3 is 12.4 Å². The molecule has 0 saturated carbocycles. The average molecular weight is 683 g/mol. The number of benzene rings is 1. The van der Waals surface area contributed by atoms with Crippen LogP contribution in [0.2, 0.25) is 25.7 Å². The molecule has 16 heteroatoms. The van der Waals surface area contributed by atoms with Crippen LogP contribution in [0.5, 0.6) is 0 Å². The number of fused-ring (bicyclic) bond motifs is 1. The van der Waals surface area contributed by atoms with Crippen LogP contribution in [0, 0.1) is 6.92 Å². The molecule has 0 saturated heterocycles. The van der Waals surface area contributed by atoms with Crippen LogP contribution >= 0.6 is 0 Å². The number of aryl methyl sites for hydroxylation is 2. The van der Waals surface area contributed by atoms with Crippen molar-refractivity contribution in [2.45, 2.75) is 84.0 Å². The molecule has 0 amide bonds. The van der Waals surface area contributed by atoms with Crippen molar-refractivity contribution in [1.29, 1.82) is 0 Å². The highest BCUT2D eigenvalue weighted by molar-refractivity contribution is 6.76. The molecule has 0 aliphatic rings. The predicted octanol–water partition coefficient (Wildman–Crippen LogP) is 6.95. The van der Waals surface area contributed by atoms with E-state index in [1.807, 2.05) is 0 Å². The molecule has 1 atom stereocenters. The Balaban J connectivity index is 1.43. The van der Waals surface area contributed by atoms with Crippen molar-refractivity contribution in [1.82, 2.24) is 24.3 Å².